The van der Waals surface area contributed by atoms with Gasteiger partial charge in [-0.05, 0) is 104 Å². The largest absolute Gasteiger partial charge is 0.0971 e. The molecule has 0 radical (unpaired) electrons. The van der Waals surface area contributed by atoms with Gasteiger partial charge in [-0.3, -0.25) is 0 Å². The summed E-state index contributed by atoms with van der Waals surface area (Å²) in [5, 5.41) is 0. The summed E-state index contributed by atoms with van der Waals surface area (Å²) >= 11 is 0. The first-order valence-corrected chi connectivity index (χ1v) is 19.0. The Kier molecular flexibility index (Phi) is 9.97. The van der Waals surface area contributed by atoms with Crippen LogP contribution in [-0.4, -0.2) is 34.0 Å². The van der Waals surface area contributed by atoms with Crippen LogP contribution in [0, 0.1) is 5.92 Å². The summed E-state index contributed by atoms with van der Waals surface area (Å²) in [6, 6.07) is 0. The predicted molar refractivity (Wildman–Crippen MR) is 152 cm³/mol. The molecule has 5 fully saturated rings. The molecule has 190 valence electrons. The van der Waals surface area contributed by atoms with E-state index < -0.39 is 0 Å². The van der Waals surface area contributed by atoms with Crippen molar-refractivity contribution in [2.24, 2.45) is 5.92 Å². The lowest BCUT2D eigenvalue weighted by atomic mass is 9.99. The Labute approximate surface area is 210 Å². The molecule has 0 nitrogen and oxygen atoms in total. The first-order valence-electron chi connectivity index (χ1n) is 15.9. The minimum atomic E-state index is 0.255. The van der Waals surface area contributed by atoms with Crippen molar-refractivity contribution >= 4 is 15.8 Å². The minimum Gasteiger partial charge on any atom is -0.0971 e. The van der Waals surface area contributed by atoms with E-state index in [1.165, 1.54) is 17.0 Å². The molecule has 33 heavy (non-hydrogen) atoms. The molecule has 1 unspecified atom stereocenters. The fourth-order valence-corrected chi connectivity index (χ4v) is 19.2. The molecule has 0 aromatic rings. The highest BCUT2D eigenvalue weighted by Crippen LogP contribution is 2.68. The molecule has 0 aromatic carbocycles. The summed E-state index contributed by atoms with van der Waals surface area (Å²) in [7, 11) is 0.536. The first-order chi connectivity index (χ1) is 16.3. The van der Waals surface area contributed by atoms with Gasteiger partial charge in [0.1, 0.15) is 0 Å². The first kappa shape index (κ1) is 25.5. The number of hydrogen-bond donors (Lipinski definition) is 0. The molecule has 0 spiro atoms. The smallest absolute Gasteiger partial charge is 0.0170 e. The normalized spacial score (nSPS) is 33.2. The molecule has 2 heteroatoms. The average Bonchev–Trinajstić information content (AvgIpc) is 3.36. The molecule has 3 atom stereocenters. The van der Waals surface area contributed by atoms with Crippen molar-refractivity contribution in [3.63, 3.8) is 0 Å². The zero-order chi connectivity index (χ0) is 22.5. The SMILES string of the molecule is C[C@H](C1CCC[C@@H]1P(C1CCCCC1)C1CCCCC1)P(C1CCCCC1)C1CCCCC1. The Morgan fingerprint density at radius 3 is 1.24 bits per heavy atom. The van der Waals surface area contributed by atoms with Crippen molar-refractivity contribution < 1.29 is 0 Å². The van der Waals surface area contributed by atoms with Gasteiger partial charge in [-0.15, -0.1) is 0 Å². The van der Waals surface area contributed by atoms with Crippen molar-refractivity contribution in [2.45, 2.75) is 189 Å². The van der Waals surface area contributed by atoms with Gasteiger partial charge in [-0.2, -0.15) is 0 Å². The van der Waals surface area contributed by atoms with E-state index in [0.29, 0.717) is 0 Å². The van der Waals surface area contributed by atoms with Crippen LogP contribution < -0.4 is 0 Å². The summed E-state index contributed by atoms with van der Waals surface area (Å²) in [6.45, 7) is 2.85. The summed E-state index contributed by atoms with van der Waals surface area (Å²) < 4.78 is 0. The van der Waals surface area contributed by atoms with Crippen molar-refractivity contribution in [3.05, 3.63) is 0 Å². The molecule has 5 aliphatic carbocycles. The Bertz CT molecular complexity index is 515. The molecule has 5 rings (SSSR count). The molecule has 0 aromatic heterocycles. The molecular formula is C31H56P2. The third-order valence-corrected chi connectivity index (χ3v) is 19.2. The second kappa shape index (κ2) is 12.9. The fourth-order valence-electron chi connectivity index (χ4n) is 9.44. The lowest BCUT2D eigenvalue weighted by Gasteiger charge is -2.48. The van der Waals surface area contributed by atoms with E-state index in [2.05, 4.69) is 6.92 Å². The summed E-state index contributed by atoms with van der Waals surface area (Å²) in [5.41, 5.74) is 6.93. The third-order valence-electron chi connectivity index (χ3n) is 11.0. The zero-order valence-corrected chi connectivity index (χ0v) is 24.0. The fraction of sp³-hybridized carbons (Fsp3) is 1.00. The standard InChI is InChI=1S/C31H56P2/c1-25(32(26-15-6-2-7-16-26)27-17-8-3-9-18-27)30-23-14-24-31(30)33(28-19-10-4-11-20-28)29-21-12-5-13-22-29/h25-31H,2-24H2,1H3/t25-,30?,31+/m1/s1. The molecule has 0 saturated heterocycles. The highest BCUT2D eigenvalue weighted by molar-refractivity contribution is 7.61. The molecule has 0 amide bonds. The Morgan fingerprint density at radius 1 is 0.424 bits per heavy atom. The maximum atomic E-state index is 2.85. The van der Waals surface area contributed by atoms with Crippen molar-refractivity contribution in [3.8, 4) is 0 Å². The van der Waals surface area contributed by atoms with Crippen LogP contribution in [0.3, 0.4) is 0 Å². The van der Waals surface area contributed by atoms with E-state index >= 15 is 0 Å². The Morgan fingerprint density at radius 2 is 0.818 bits per heavy atom. The summed E-state index contributed by atoms with van der Waals surface area (Å²) in [6.07, 6.45) is 36.5. The van der Waals surface area contributed by atoms with Crippen LogP contribution in [0.4, 0.5) is 0 Å². The maximum Gasteiger partial charge on any atom is -0.0170 e. The minimum absolute atomic E-state index is 0.255. The van der Waals surface area contributed by atoms with Gasteiger partial charge < -0.3 is 0 Å². The third kappa shape index (κ3) is 6.23. The molecule has 0 aliphatic heterocycles. The van der Waals surface area contributed by atoms with Crippen LogP contribution >= 0.6 is 15.8 Å². The molecule has 0 heterocycles. The topological polar surface area (TPSA) is 0 Å². The van der Waals surface area contributed by atoms with Crippen LogP contribution in [0.5, 0.6) is 0 Å². The maximum absolute atomic E-state index is 2.85. The molecule has 5 aliphatic rings. The van der Waals surface area contributed by atoms with Crippen LogP contribution in [0.25, 0.3) is 0 Å². The van der Waals surface area contributed by atoms with Gasteiger partial charge >= 0.3 is 0 Å². The Hall–Kier alpha value is 0.860. The lowest BCUT2D eigenvalue weighted by molar-refractivity contribution is 0.456. The number of hydrogen-bond acceptors (Lipinski definition) is 0. The van der Waals surface area contributed by atoms with Gasteiger partial charge in [0.15, 0.2) is 0 Å². The summed E-state index contributed by atoms with van der Waals surface area (Å²) in [4.78, 5) is 0. The highest BCUT2D eigenvalue weighted by Gasteiger charge is 2.46. The predicted octanol–water partition coefficient (Wildman–Crippen LogP) is 10.8. The van der Waals surface area contributed by atoms with Crippen molar-refractivity contribution in [1.29, 1.82) is 0 Å². The quantitative estimate of drug-likeness (QED) is 0.311. The van der Waals surface area contributed by atoms with E-state index in [1.807, 2.05) is 0 Å². The van der Waals surface area contributed by atoms with E-state index in [1.54, 1.807) is 148 Å². The molecular weight excluding hydrogens is 434 g/mol. The van der Waals surface area contributed by atoms with E-state index in [4.69, 9.17) is 0 Å². The van der Waals surface area contributed by atoms with E-state index in [9.17, 15) is 0 Å². The second-order valence-electron chi connectivity index (χ2n) is 13.0. The van der Waals surface area contributed by atoms with Crippen LogP contribution in [0.15, 0.2) is 0 Å². The van der Waals surface area contributed by atoms with Crippen LogP contribution in [-0.2, 0) is 0 Å². The summed E-state index contributed by atoms with van der Waals surface area (Å²) in [5.74, 6) is 1.13. The number of rotatable bonds is 7. The van der Waals surface area contributed by atoms with Crippen LogP contribution in [0.2, 0.25) is 0 Å². The van der Waals surface area contributed by atoms with Crippen LogP contribution in [0.1, 0.15) is 155 Å². The van der Waals surface area contributed by atoms with Gasteiger partial charge in [-0.1, -0.05) is 106 Å². The van der Waals surface area contributed by atoms with Gasteiger partial charge in [0, 0.05) is 0 Å². The lowest BCUT2D eigenvalue weighted by Crippen LogP contribution is -2.35. The van der Waals surface area contributed by atoms with Gasteiger partial charge in [0.2, 0.25) is 0 Å². The van der Waals surface area contributed by atoms with Gasteiger partial charge in [0.25, 0.3) is 0 Å². The molecule has 0 bridgehead atoms. The molecule has 0 N–H and O–H groups in total. The zero-order valence-electron chi connectivity index (χ0n) is 22.2. The van der Waals surface area contributed by atoms with Crippen molar-refractivity contribution in [1.82, 2.24) is 0 Å². The highest BCUT2D eigenvalue weighted by atomic mass is 31.1. The van der Waals surface area contributed by atoms with Gasteiger partial charge in [-0.25, -0.2) is 0 Å². The second-order valence-corrected chi connectivity index (χ2v) is 19.2. The van der Waals surface area contributed by atoms with Gasteiger partial charge in [0.05, 0.1) is 0 Å². The molecule has 5 saturated carbocycles. The average molecular weight is 491 g/mol. The van der Waals surface area contributed by atoms with Crippen molar-refractivity contribution in [2.75, 3.05) is 0 Å². The monoisotopic (exact) mass is 490 g/mol. The Balaban J connectivity index is 1.37. The van der Waals surface area contributed by atoms with E-state index in [-0.39, 0.29) is 15.8 Å². The van der Waals surface area contributed by atoms with E-state index in [0.717, 1.165) is 22.9 Å².